The molecule has 144 valence electrons. The lowest BCUT2D eigenvalue weighted by molar-refractivity contribution is -0.149. The topological polar surface area (TPSA) is 70.3 Å². The number of rotatable bonds is 3. The molecule has 2 saturated carbocycles. The summed E-state index contributed by atoms with van der Waals surface area (Å²) in [5, 5.41) is 19.9. The molecule has 3 aliphatic carbocycles. The predicted molar refractivity (Wildman–Crippen MR) is 99.9 cm³/mol. The van der Waals surface area contributed by atoms with Gasteiger partial charge in [-0.1, -0.05) is 25.5 Å². The number of hydrogen-bond acceptors (Lipinski definition) is 4. The first-order chi connectivity index (χ1) is 12.2. The minimum Gasteiger partial charge on any atom is -0.462 e. The van der Waals surface area contributed by atoms with Crippen LogP contribution in [-0.2, 0) is 9.53 Å². The van der Waals surface area contributed by atoms with Crippen LogP contribution in [0.1, 0.15) is 72.6 Å². The molecule has 26 heavy (non-hydrogen) atoms. The number of fused-ring (bicyclic) bond motifs is 3. The van der Waals surface area contributed by atoms with E-state index in [0.717, 1.165) is 38.5 Å². The molecule has 0 aromatic carbocycles. The summed E-state index contributed by atoms with van der Waals surface area (Å²) in [5.41, 5.74) is 1.42. The predicted octanol–water partition coefficient (Wildman–Crippen LogP) is 4.38. The van der Waals surface area contributed by atoms with Gasteiger partial charge in [-0.15, -0.1) is 0 Å². The van der Waals surface area contributed by atoms with E-state index >= 15 is 0 Å². The smallest absolute Gasteiger partial charge is 0.302 e. The Bertz CT molecular complexity index is 634. The van der Waals surface area contributed by atoms with Gasteiger partial charge in [0.25, 0.3) is 0 Å². The number of carbonyl (C=O) groups excluding carboxylic acids is 1. The fourth-order valence-electron chi connectivity index (χ4n) is 6.31. The van der Waals surface area contributed by atoms with Gasteiger partial charge in [0, 0.05) is 19.8 Å². The number of ether oxygens (including phenoxy) is 1. The van der Waals surface area contributed by atoms with Crippen LogP contribution in [0.25, 0.3) is 0 Å². The number of nitriles is 1. The fourth-order valence-corrected chi connectivity index (χ4v) is 6.31. The molecule has 1 N–H and O–H groups in total. The normalized spacial score (nSPS) is 43.3. The Labute approximate surface area is 157 Å². The standard InChI is InChI=1S/C22H33NO3/c1-14(24)21(3)11-8-19-18(20(21)9-12-23)6-5-16-13-17(26-15(2)25)7-10-22(16,19)4/h5,14,17-20,24H,6-11,13H2,1-4H3/t14-,17-,18+,19-,20?,21+,22-/m0/s1. The number of esters is 1. The third-order valence-corrected chi connectivity index (χ3v) is 8.09. The zero-order valence-corrected chi connectivity index (χ0v) is 16.6. The van der Waals surface area contributed by atoms with E-state index < -0.39 is 0 Å². The molecule has 2 fully saturated rings. The summed E-state index contributed by atoms with van der Waals surface area (Å²) in [6, 6.07) is 2.40. The van der Waals surface area contributed by atoms with Crippen LogP contribution < -0.4 is 0 Å². The van der Waals surface area contributed by atoms with Crippen LogP contribution in [-0.4, -0.2) is 23.3 Å². The maximum Gasteiger partial charge on any atom is 0.302 e. The molecule has 0 aliphatic heterocycles. The Hall–Kier alpha value is -1.34. The van der Waals surface area contributed by atoms with Gasteiger partial charge < -0.3 is 9.84 Å². The molecule has 3 rings (SSSR count). The van der Waals surface area contributed by atoms with Crippen molar-refractivity contribution in [3.63, 3.8) is 0 Å². The molecule has 4 nitrogen and oxygen atoms in total. The highest BCUT2D eigenvalue weighted by atomic mass is 16.5. The third-order valence-electron chi connectivity index (χ3n) is 8.09. The van der Waals surface area contributed by atoms with Crippen molar-refractivity contribution in [1.82, 2.24) is 0 Å². The van der Waals surface area contributed by atoms with Crippen molar-refractivity contribution in [2.45, 2.75) is 84.8 Å². The van der Waals surface area contributed by atoms with Crippen LogP contribution in [0.2, 0.25) is 0 Å². The fraction of sp³-hybridized carbons (Fsp3) is 0.818. The number of carbonyl (C=O) groups is 1. The number of hydrogen-bond donors (Lipinski definition) is 1. The highest BCUT2D eigenvalue weighted by Crippen LogP contribution is 2.62. The van der Waals surface area contributed by atoms with Crippen LogP contribution >= 0.6 is 0 Å². The lowest BCUT2D eigenvalue weighted by Gasteiger charge is -2.59. The molecule has 7 atom stereocenters. The van der Waals surface area contributed by atoms with Crippen molar-refractivity contribution < 1.29 is 14.6 Å². The van der Waals surface area contributed by atoms with E-state index in [1.54, 1.807) is 0 Å². The summed E-state index contributed by atoms with van der Waals surface area (Å²) in [4.78, 5) is 11.3. The number of aliphatic hydroxyl groups is 1. The lowest BCUT2D eigenvalue weighted by Crippen LogP contribution is -2.53. The van der Waals surface area contributed by atoms with E-state index in [0.29, 0.717) is 18.3 Å². The number of aliphatic hydroxyl groups excluding tert-OH is 1. The molecular weight excluding hydrogens is 326 g/mol. The van der Waals surface area contributed by atoms with Crippen molar-refractivity contribution in [2.75, 3.05) is 0 Å². The second kappa shape index (κ2) is 7.00. The Morgan fingerprint density at radius 2 is 2.15 bits per heavy atom. The molecule has 0 radical (unpaired) electrons. The second-order valence-corrected chi connectivity index (χ2v) is 9.32. The molecule has 0 heterocycles. The van der Waals surface area contributed by atoms with Crippen molar-refractivity contribution in [3.8, 4) is 6.07 Å². The van der Waals surface area contributed by atoms with Crippen molar-refractivity contribution in [2.24, 2.45) is 28.6 Å². The monoisotopic (exact) mass is 359 g/mol. The zero-order valence-electron chi connectivity index (χ0n) is 16.6. The molecule has 1 unspecified atom stereocenters. The molecule has 0 spiro atoms. The molecule has 0 bridgehead atoms. The van der Waals surface area contributed by atoms with Gasteiger partial charge in [0.05, 0.1) is 12.2 Å². The number of nitrogens with zero attached hydrogens (tertiary/aromatic N) is 1. The van der Waals surface area contributed by atoms with E-state index in [-0.39, 0.29) is 34.9 Å². The van der Waals surface area contributed by atoms with Gasteiger partial charge in [-0.25, -0.2) is 0 Å². The van der Waals surface area contributed by atoms with E-state index in [1.807, 2.05) is 6.92 Å². The summed E-state index contributed by atoms with van der Waals surface area (Å²) < 4.78 is 5.49. The SMILES string of the molecule is CC(=O)O[C@H]1CC[C@@]2(C)C(=CC[C@H]3C(CC#N)[C@@](C)([C@H](C)O)CC[C@@H]32)C1. The van der Waals surface area contributed by atoms with E-state index in [4.69, 9.17) is 4.74 Å². The summed E-state index contributed by atoms with van der Waals surface area (Å²) in [6.45, 7) is 7.94. The first-order valence-electron chi connectivity index (χ1n) is 10.1. The van der Waals surface area contributed by atoms with E-state index in [9.17, 15) is 15.2 Å². The largest absolute Gasteiger partial charge is 0.462 e. The lowest BCUT2D eigenvalue weighted by atomic mass is 9.46. The Kier molecular flexibility index (Phi) is 5.23. The summed E-state index contributed by atoms with van der Waals surface area (Å²) in [5.74, 6) is 1.08. The minimum absolute atomic E-state index is 0.0181. The first-order valence-corrected chi connectivity index (χ1v) is 10.1. The van der Waals surface area contributed by atoms with Crippen LogP contribution in [0.3, 0.4) is 0 Å². The van der Waals surface area contributed by atoms with Crippen LogP contribution in [0.5, 0.6) is 0 Å². The highest BCUT2D eigenvalue weighted by Gasteiger charge is 2.55. The van der Waals surface area contributed by atoms with Crippen LogP contribution in [0, 0.1) is 39.9 Å². The molecule has 0 amide bonds. The van der Waals surface area contributed by atoms with Gasteiger partial charge >= 0.3 is 5.97 Å². The van der Waals surface area contributed by atoms with Gasteiger partial charge in [-0.05, 0) is 67.6 Å². The van der Waals surface area contributed by atoms with Gasteiger partial charge in [0.2, 0.25) is 0 Å². The average Bonchev–Trinajstić information content (AvgIpc) is 2.57. The summed E-state index contributed by atoms with van der Waals surface area (Å²) in [6.07, 6.45) is 8.42. The Morgan fingerprint density at radius 1 is 1.42 bits per heavy atom. The van der Waals surface area contributed by atoms with Gasteiger partial charge in [-0.2, -0.15) is 5.26 Å². The van der Waals surface area contributed by atoms with E-state index in [2.05, 4.69) is 26.0 Å². The summed E-state index contributed by atoms with van der Waals surface area (Å²) in [7, 11) is 0. The van der Waals surface area contributed by atoms with Crippen LogP contribution in [0.15, 0.2) is 11.6 Å². The Morgan fingerprint density at radius 3 is 2.77 bits per heavy atom. The quantitative estimate of drug-likeness (QED) is 0.599. The van der Waals surface area contributed by atoms with Crippen molar-refractivity contribution >= 4 is 5.97 Å². The number of allylic oxidation sites excluding steroid dienone is 1. The maximum atomic E-state index is 11.3. The van der Waals surface area contributed by atoms with Gasteiger partial charge in [-0.3, -0.25) is 4.79 Å². The Balaban J connectivity index is 1.88. The van der Waals surface area contributed by atoms with Gasteiger partial charge in [0.1, 0.15) is 6.10 Å². The second-order valence-electron chi connectivity index (χ2n) is 9.32. The zero-order chi connectivity index (χ0) is 19.1. The maximum absolute atomic E-state index is 11.3. The van der Waals surface area contributed by atoms with E-state index in [1.165, 1.54) is 12.5 Å². The average molecular weight is 360 g/mol. The van der Waals surface area contributed by atoms with Crippen molar-refractivity contribution in [1.29, 1.82) is 5.26 Å². The molecule has 0 aromatic heterocycles. The summed E-state index contributed by atoms with van der Waals surface area (Å²) >= 11 is 0. The van der Waals surface area contributed by atoms with Crippen LogP contribution in [0.4, 0.5) is 0 Å². The van der Waals surface area contributed by atoms with Gasteiger partial charge in [0.15, 0.2) is 0 Å². The third kappa shape index (κ3) is 3.09. The molecular formula is C22H33NO3. The highest BCUT2D eigenvalue weighted by molar-refractivity contribution is 5.66. The molecule has 0 aromatic rings. The molecule has 3 aliphatic rings. The van der Waals surface area contributed by atoms with Crippen molar-refractivity contribution in [3.05, 3.63) is 11.6 Å². The minimum atomic E-state index is -0.389. The first kappa shape index (κ1) is 19.4. The molecule has 4 heteroatoms. The molecule has 0 saturated heterocycles.